The Morgan fingerprint density at radius 2 is 1.86 bits per heavy atom. The van der Waals surface area contributed by atoms with Gasteiger partial charge in [-0.05, 0) is 43.2 Å². The highest BCUT2D eigenvalue weighted by molar-refractivity contribution is 5.99. The van der Waals surface area contributed by atoms with E-state index >= 15 is 0 Å². The lowest BCUT2D eigenvalue weighted by Gasteiger charge is -2.33. The van der Waals surface area contributed by atoms with E-state index in [2.05, 4.69) is 0 Å². The lowest BCUT2D eigenvalue weighted by atomic mass is 10.1. The molecule has 21 heavy (non-hydrogen) atoms. The van der Waals surface area contributed by atoms with Gasteiger partial charge in [0, 0.05) is 12.2 Å². The monoisotopic (exact) mass is 282 g/mol. The first-order chi connectivity index (χ1) is 10.1. The van der Waals surface area contributed by atoms with Crippen LogP contribution in [0.3, 0.4) is 0 Å². The van der Waals surface area contributed by atoms with Crippen molar-refractivity contribution >= 4 is 17.3 Å². The van der Waals surface area contributed by atoms with E-state index in [1.807, 2.05) is 48.5 Å². The number of benzene rings is 2. The van der Waals surface area contributed by atoms with Crippen LogP contribution in [0, 0.1) is 0 Å². The van der Waals surface area contributed by atoms with Crippen molar-refractivity contribution in [1.29, 1.82) is 0 Å². The minimum absolute atomic E-state index is 0.00384. The van der Waals surface area contributed by atoms with Crippen LogP contribution in [0.15, 0.2) is 48.5 Å². The SMILES string of the molecule is CC1Oc2ccccc2N(CCc2ccc(N)cc2)C1=O. The zero-order chi connectivity index (χ0) is 14.8. The summed E-state index contributed by atoms with van der Waals surface area (Å²) in [5, 5.41) is 0. The van der Waals surface area contributed by atoms with Crippen molar-refractivity contribution in [3.8, 4) is 5.75 Å². The molecule has 0 saturated heterocycles. The minimum atomic E-state index is -0.439. The van der Waals surface area contributed by atoms with Crippen LogP contribution in [0.4, 0.5) is 11.4 Å². The maximum absolute atomic E-state index is 12.3. The van der Waals surface area contributed by atoms with Crippen molar-refractivity contribution in [2.75, 3.05) is 17.2 Å². The number of anilines is 2. The predicted molar refractivity (Wildman–Crippen MR) is 83.4 cm³/mol. The van der Waals surface area contributed by atoms with Crippen LogP contribution in [0.25, 0.3) is 0 Å². The van der Waals surface area contributed by atoms with E-state index in [1.165, 1.54) is 0 Å². The smallest absolute Gasteiger partial charge is 0.267 e. The number of nitrogen functional groups attached to an aromatic ring is 1. The number of para-hydroxylation sites is 2. The molecule has 4 heteroatoms. The lowest BCUT2D eigenvalue weighted by molar-refractivity contribution is -0.125. The largest absolute Gasteiger partial charge is 0.479 e. The van der Waals surface area contributed by atoms with Gasteiger partial charge in [-0.15, -0.1) is 0 Å². The van der Waals surface area contributed by atoms with Crippen molar-refractivity contribution in [3.63, 3.8) is 0 Å². The number of nitrogens with two attached hydrogens (primary N) is 1. The third-order valence-electron chi connectivity index (χ3n) is 3.68. The average Bonchev–Trinajstić information content (AvgIpc) is 2.49. The minimum Gasteiger partial charge on any atom is -0.479 e. The molecule has 4 nitrogen and oxygen atoms in total. The molecule has 1 aliphatic heterocycles. The number of carbonyl (C=O) groups is 1. The molecule has 108 valence electrons. The molecule has 1 unspecified atom stereocenters. The van der Waals surface area contributed by atoms with Gasteiger partial charge in [-0.1, -0.05) is 24.3 Å². The summed E-state index contributed by atoms with van der Waals surface area (Å²) in [5.74, 6) is 0.769. The third kappa shape index (κ3) is 2.70. The number of hydrogen-bond acceptors (Lipinski definition) is 3. The van der Waals surface area contributed by atoms with Gasteiger partial charge in [0.1, 0.15) is 5.75 Å². The van der Waals surface area contributed by atoms with Crippen LogP contribution >= 0.6 is 0 Å². The summed E-state index contributed by atoms with van der Waals surface area (Å²) in [5.41, 5.74) is 8.44. The van der Waals surface area contributed by atoms with Crippen molar-refractivity contribution in [3.05, 3.63) is 54.1 Å². The van der Waals surface area contributed by atoms with Crippen molar-refractivity contribution < 1.29 is 9.53 Å². The summed E-state index contributed by atoms with van der Waals surface area (Å²) >= 11 is 0. The van der Waals surface area contributed by atoms with E-state index in [-0.39, 0.29) is 5.91 Å². The molecule has 0 bridgehead atoms. The number of ether oxygens (including phenoxy) is 1. The van der Waals surface area contributed by atoms with E-state index in [0.717, 1.165) is 29.1 Å². The van der Waals surface area contributed by atoms with Crippen LogP contribution in [-0.2, 0) is 11.2 Å². The number of carbonyl (C=O) groups excluding carboxylic acids is 1. The number of nitrogens with zero attached hydrogens (tertiary/aromatic N) is 1. The molecule has 1 aliphatic rings. The summed E-state index contributed by atoms with van der Waals surface area (Å²) in [6, 6.07) is 15.4. The van der Waals surface area contributed by atoms with Gasteiger partial charge in [0.05, 0.1) is 5.69 Å². The van der Waals surface area contributed by atoms with Crippen molar-refractivity contribution in [1.82, 2.24) is 0 Å². The second-order valence-electron chi connectivity index (χ2n) is 5.21. The van der Waals surface area contributed by atoms with Crippen LogP contribution in [0.1, 0.15) is 12.5 Å². The quantitative estimate of drug-likeness (QED) is 0.880. The van der Waals surface area contributed by atoms with Gasteiger partial charge >= 0.3 is 0 Å². The van der Waals surface area contributed by atoms with E-state index in [9.17, 15) is 4.79 Å². The van der Waals surface area contributed by atoms with E-state index < -0.39 is 6.10 Å². The summed E-state index contributed by atoms with van der Waals surface area (Å²) in [4.78, 5) is 14.1. The Morgan fingerprint density at radius 1 is 1.14 bits per heavy atom. The van der Waals surface area contributed by atoms with Crippen LogP contribution in [-0.4, -0.2) is 18.6 Å². The normalized spacial score (nSPS) is 17.3. The highest BCUT2D eigenvalue weighted by Crippen LogP contribution is 2.33. The molecule has 2 aromatic carbocycles. The first-order valence-corrected chi connectivity index (χ1v) is 7.06. The molecule has 0 aromatic heterocycles. The van der Waals surface area contributed by atoms with Crippen molar-refractivity contribution in [2.24, 2.45) is 0 Å². The van der Waals surface area contributed by atoms with Gasteiger partial charge in [-0.3, -0.25) is 4.79 Å². The van der Waals surface area contributed by atoms with Gasteiger partial charge in [0.25, 0.3) is 5.91 Å². The summed E-state index contributed by atoms with van der Waals surface area (Å²) in [6.45, 7) is 2.42. The molecule has 3 rings (SSSR count). The van der Waals surface area contributed by atoms with Gasteiger partial charge in [-0.25, -0.2) is 0 Å². The van der Waals surface area contributed by atoms with Gasteiger partial charge < -0.3 is 15.4 Å². The molecule has 0 fully saturated rings. The third-order valence-corrected chi connectivity index (χ3v) is 3.68. The topological polar surface area (TPSA) is 55.6 Å². The first-order valence-electron chi connectivity index (χ1n) is 7.06. The lowest BCUT2D eigenvalue weighted by Crippen LogP contribution is -2.45. The second kappa shape index (κ2) is 5.48. The number of hydrogen-bond donors (Lipinski definition) is 1. The maximum atomic E-state index is 12.3. The summed E-state index contributed by atoms with van der Waals surface area (Å²) in [6.07, 6.45) is 0.346. The Morgan fingerprint density at radius 3 is 2.62 bits per heavy atom. The highest BCUT2D eigenvalue weighted by atomic mass is 16.5. The number of rotatable bonds is 3. The maximum Gasteiger partial charge on any atom is 0.267 e. The van der Waals surface area contributed by atoms with E-state index in [1.54, 1.807) is 11.8 Å². The van der Waals surface area contributed by atoms with Crippen LogP contribution in [0.5, 0.6) is 5.75 Å². The van der Waals surface area contributed by atoms with E-state index in [4.69, 9.17) is 10.5 Å². The Bertz CT molecular complexity index is 652. The first kappa shape index (κ1) is 13.5. The van der Waals surface area contributed by atoms with Gasteiger partial charge in [-0.2, -0.15) is 0 Å². The average molecular weight is 282 g/mol. The Labute approximate surface area is 124 Å². The Balaban J connectivity index is 1.80. The van der Waals surface area contributed by atoms with Crippen LogP contribution in [0.2, 0.25) is 0 Å². The second-order valence-corrected chi connectivity index (χ2v) is 5.21. The molecule has 0 spiro atoms. The molecule has 1 amide bonds. The molecule has 2 aromatic rings. The van der Waals surface area contributed by atoms with E-state index in [0.29, 0.717) is 6.54 Å². The summed E-state index contributed by atoms with van der Waals surface area (Å²) < 4.78 is 5.63. The Hall–Kier alpha value is -2.49. The molecule has 0 radical (unpaired) electrons. The van der Waals surface area contributed by atoms with Gasteiger partial charge in [0.2, 0.25) is 0 Å². The zero-order valence-electron chi connectivity index (χ0n) is 12.0. The molecule has 1 atom stereocenters. The fraction of sp³-hybridized carbons (Fsp3) is 0.235. The van der Waals surface area contributed by atoms with Gasteiger partial charge in [0.15, 0.2) is 6.10 Å². The zero-order valence-corrected chi connectivity index (χ0v) is 12.0. The molecular weight excluding hydrogens is 264 g/mol. The molecular formula is C17H18N2O2. The molecule has 0 saturated carbocycles. The fourth-order valence-corrected chi connectivity index (χ4v) is 2.51. The predicted octanol–water partition coefficient (Wildman–Crippen LogP) is 2.63. The standard InChI is InChI=1S/C17H18N2O2/c1-12-17(20)19(15-4-2-3-5-16(15)21-12)11-10-13-6-8-14(18)9-7-13/h2-9,12H,10-11,18H2,1H3. The number of fused-ring (bicyclic) bond motifs is 1. The summed E-state index contributed by atoms with van der Waals surface area (Å²) in [7, 11) is 0. The number of amides is 1. The Kier molecular flexibility index (Phi) is 3.52. The highest BCUT2D eigenvalue weighted by Gasteiger charge is 2.30. The van der Waals surface area contributed by atoms with Crippen LogP contribution < -0.4 is 15.4 Å². The molecule has 2 N–H and O–H groups in total. The molecule has 0 aliphatic carbocycles. The fourth-order valence-electron chi connectivity index (χ4n) is 2.51. The van der Waals surface area contributed by atoms with Crippen molar-refractivity contribution in [2.45, 2.75) is 19.4 Å². The molecule has 1 heterocycles.